The van der Waals surface area contributed by atoms with Crippen molar-refractivity contribution < 1.29 is 4.74 Å². The third kappa shape index (κ3) is 5.63. The topological polar surface area (TPSA) is 59.1 Å². The molecule has 1 atom stereocenters. The van der Waals surface area contributed by atoms with Gasteiger partial charge in [-0.15, -0.1) is 0 Å². The molecule has 0 aliphatic carbocycles. The molecular formula is C14H25BrN4O. The van der Waals surface area contributed by atoms with Gasteiger partial charge in [0.05, 0.1) is 17.1 Å². The van der Waals surface area contributed by atoms with Crippen molar-refractivity contribution >= 4 is 27.7 Å². The summed E-state index contributed by atoms with van der Waals surface area (Å²) in [5.41, 5.74) is 0. The second-order valence-corrected chi connectivity index (χ2v) is 5.83. The van der Waals surface area contributed by atoms with E-state index in [9.17, 15) is 0 Å². The van der Waals surface area contributed by atoms with Crippen LogP contribution >= 0.6 is 15.9 Å². The zero-order valence-electron chi connectivity index (χ0n) is 12.7. The normalized spacial score (nSPS) is 12.5. The summed E-state index contributed by atoms with van der Waals surface area (Å²) in [5.74, 6) is 1.91. The molecule has 1 unspecified atom stereocenters. The highest BCUT2D eigenvalue weighted by Crippen LogP contribution is 2.22. The van der Waals surface area contributed by atoms with E-state index in [4.69, 9.17) is 4.74 Å². The summed E-state index contributed by atoms with van der Waals surface area (Å²) < 4.78 is 6.39. The van der Waals surface area contributed by atoms with Crippen LogP contribution in [0, 0.1) is 5.92 Å². The first kappa shape index (κ1) is 17.2. The number of nitrogens with zero attached hydrogens (tertiary/aromatic N) is 2. The molecule has 0 fully saturated rings. The minimum absolute atomic E-state index is 0.222. The van der Waals surface area contributed by atoms with Crippen molar-refractivity contribution in [3.8, 4) is 0 Å². The van der Waals surface area contributed by atoms with E-state index in [1.165, 1.54) is 0 Å². The minimum Gasteiger partial charge on any atom is -0.380 e. The molecule has 0 saturated carbocycles. The van der Waals surface area contributed by atoms with Crippen molar-refractivity contribution in [3.05, 3.63) is 10.7 Å². The standard InChI is InChI=1S/C14H25BrN4O/c1-5-7-16-14-17-8-11(15)13(19-14)18-12(10(3)4)9-20-6-2/h8,10,12H,5-7,9H2,1-4H3,(H2,16,17,18,19). The molecule has 1 rings (SSSR count). The summed E-state index contributed by atoms with van der Waals surface area (Å²) in [7, 11) is 0. The SMILES string of the molecule is CCCNc1ncc(Br)c(NC(COCC)C(C)C)n1. The molecule has 0 bridgehead atoms. The lowest BCUT2D eigenvalue weighted by Gasteiger charge is -2.23. The Hall–Kier alpha value is -0.880. The van der Waals surface area contributed by atoms with Gasteiger partial charge in [-0.2, -0.15) is 4.98 Å². The van der Waals surface area contributed by atoms with Crippen LogP contribution in [-0.4, -0.2) is 35.8 Å². The molecule has 114 valence electrons. The number of halogens is 1. The van der Waals surface area contributed by atoms with Gasteiger partial charge in [0.15, 0.2) is 0 Å². The number of hydrogen-bond acceptors (Lipinski definition) is 5. The Balaban J connectivity index is 2.76. The predicted molar refractivity (Wildman–Crippen MR) is 87.3 cm³/mol. The van der Waals surface area contributed by atoms with E-state index in [2.05, 4.69) is 57.3 Å². The fourth-order valence-electron chi connectivity index (χ4n) is 1.61. The monoisotopic (exact) mass is 344 g/mol. The van der Waals surface area contributed by atoms with Crippen LogP contribution in [-0.2, 0) is 4.74 Å². The van der Waals surface area contributed by atoms with Crippen LogP contribution in [0.1, 0.15) is 34.1 Å². The summed E-state index contributed by atoms with van der Waals surface area (Å²) in [4.78, 5) is 8.75. The third-order valence-electron chi connectivity index (χ3n) is 2.91. The summed E-state index contributed by atoms with van der Waals surface area (Å²) in [6.07, 6.45) is 2.81. The maximum absolute atomic E-state index is 5.53. The average molecular weight is 345 g/mol. The van der Waals surface area contributed by atoms with Gasteiger partial charge in [0, 0.05) is 19.3 Å². The van der Waals surface area contributed by atoms with Crippen molar-refractivity contribution in [1.29, 1.82) is 0 Å². The van der Waals surface area contributed by atoms with Crippen LogP contribution in [0.15, 0.2) is 10.7 Å². The van der Waals surface area contributed by atoms with E-state index >= 15 is 0 Å². The molecule has 1 aromatic rings. The van der Waals surface area contributed by atoms with Gasteiger partial charge in [0.25, 0.3) is 0 Å². The van der Waals surface area contributed by atoms with Crippen LogP contribution in [0.4, 0.5) is 11.8 Å². The largest absolute Gasteiger partial charge is 0.380 e. The lowest BCUT2D eigenvalue weighted by atomic mass is 10.1. The molecule has 0 radical (unpaired) electrons. The summed E-state index contributed by atoms with van der Waals surface area (Å²) >= 11 is 3.49. The van der Waals surface area contributed by atoms with Gasteiger partial charge in [0.1, 0.15) is 5.82 Å². The fraction of sp³-hybridized carbons (Fsp3) is 0.714. The molecule has 1 heterocycles. The highest BCUT2D eigenvalue weighted by molar-refractivity contribution is 9.10. The second-order valence-electron chi connectivity index (χ2n) is 4.97. The summed E-state index contributed by atoms with van der Waals surface area (Å²) in [5, 5.41) is 6.63. The number of anilines is 2. The van der Waals surface area contributed by atoms with Crippen molar-refractivity contribution in [2.75, 3.05) is 30.4 Å². The minimum atomic E-state index is 0.222. The van der Waals surface area contributed by atoms with Gasteiger partial charge in [-0.25, -0.2) is 4.98 Å². The Labute approximate surface area is 130 Å². The van der Waals surface area contributed by atoms with Crippen molar-refractivity contribution in [1.82, 2.24) is 9.97 Å². The maximum atomic E-state index is 5.53. The number of ether oxygens (including phenoxy) is 1. The van der Waals surface area contributed by atoms with Gasteiger partial charge in [-0.05, 0) is 35.2 Å². The van der Waals surface area contributed by atoms with E-state index in [0.717, 1.165) is 29.9 Å². The zero-order valence-corrected chi connectivity index (χ0v) is 14.3. The molecule has 20 heavy (non-hydrogen) atoms. The quantitative estimate of drug-likeness (QED) is 0.717. The van der Waals surface area contributed by atoms with Crippen molar-refractivity contribution in [3.63, 3.8) is 0 Å². The van der Waals surface area contributed by atoms with Crippen molar-refractivity contribution in [2.45, 2.75) is 40.2 Å². The average Bonchev–Trinajstić information content (AvgIpc) is 2.43. The predicted octanol–water partition coefficient (Wildman–Crippen LogP) is 3.53. The molecule has 0 spiro atoms. The molecule has 0 aliphatic heterocycles. The van der Waals surface area contributed by atoms with E-state index in [1.807, 2.05) is 6.92 Å². The van der Waals surface area contributed by atoms with E-state index < -0.39 is 0 Å². The van der Waals surface area contributed by atoms with E-state index in [1.54, 1.807) is 6.20 Å². The molecule has 0 saturated heterocycles. The molecule has 0 aliphatic rings. The first-order chi connectivity index (χ1) is 9.58. The smallest absolute Gasteiger partial charge is 0.224 e. The number of hydrogen-bond donors (Lipinski definition) is 2. The second kappa shape index (κ2) is 9.13. The van der Waals surface area contributed by atoms with Crippen LogP contribution in [0.25, 0.3) is 0 Å². The highest BCUT2D eigenvalue weighted by Gasteiger charge is 2.16. The zero-order chi connectivity index (χ0) is 15.0. The summed E-state index contributed by atoms with van der Waals surface area (Å²) in [6.45, 7) is 10.7. The molecule has 0 aromatic carbocycles. The number of rotatable bonds is 9. The van der Waals surface area contributed by atoms with Gasteiger partial charge >= 0.3 is 0 Å². The third-order valence-corrected chi connectivity index (χ3v) is 3.49. The Bertz CT molecular complexity index is 401. The number of nitrogens with one attached hydrogen (secondary N) is 2. The maximum Gasteiger partial charge on any atom is 0.224 e. The first-order valence-corrected chi connectivity index (χ1v) is 7.98. The van der Waals surface area contributed by atoms with E-state index in [-0.39, 0.29) is 6.04 Å². The lowest BCUT2D eigenvalue weighted by molar-refractivity contribution is 0.126. The molecular weight excluding hydrogens is 320 g/mol. The Morgan fingerprint density at radius 1 is 1.35 bits per heavy atom. The first-order valence-electron chi connectivity index (χ1n) is 7.19. The van der Waals surface area contributed by atoms with Gasteiger partial charge < -0.3 is 15.4 Å². The van der Waals surface area contributed by atoms with Gasteiger partial charge in [-0.3, -0.25) is 0 Å². The Kier molecular flexibility index (Phi) is 7.84. The molecule has 6 heteroatoms. The van der Waals surface area contributed by atoms with Crippen LogP contribution in [0.3, 0.4) is 0 Å². The Morgan fingerprint density at radius 2 is 2.10 bits per heavy atom. The fourth-order valence-corrected chi connectivity index (χ4v) is 1.92. The molecule has 2 N–H and O–H groups in total. The van der Waals surface area contributed by atoms with Gasteiger partial charge in [-0.1, -0.05) is 20.8 Å². The van der Waals surface area contributed by atoms with Crippen LogP contribution in [0.5, 0.6) is 0 Å². The molecule has 1 aromatic heterocycles. The number of aromatic nitrogens is 2. The summed E-state index contributed by atoms with van der Waals surface area (Å²) in [6, 6.07) is 0.222. The molecule has 5 nitrogen and oxygen atoms in total. The van der Waals surface area contributed by atoms with Crippen molar-refractivity contribution in [2.24, 2.45) is 5.92 Å². The van der Waals surface area contributed by atoms with E-state index in [0.29, 0.717) is 18.5 Å². The highest BCUT2D eigenvalue weighted by atomic mass is 79.9. The van der Waals surface area contributed by atoms with Gasteiger partial charge in [0.2, 0.25) is 5.95 Å². The molecule has 0 amide bonds. The lowest BCUT2D eigenvalue weighted by Crippen LogP contribution is -2.31. The Morgan fingerprint density at radius 3 is 2.70 bits per heavy atom. The van der Waals surface area contributed by atoms with Crippen LogP contribution in [0.2, 0.25) is 0 Å². The van der Waals surface area contributed by atoms with Crippen LogP contribution < -0.4 is 10.6 Å².